The standard InChI is InChI=1S/C17H17N3O3S/c1-12-6-7-13(2)16(8-12)24(22,23)19-11-17(21)20-15-5-3-4-14(9-15)10-18/h3-9,19H,11H2,1-2H3,(H,20,21). The molecule has 24 heavy (non-hydrogen) atoms. The van der Waals surface area contributed by atoms with Crippen molar-refractivity contribution in [2.75, 3.05) is 11.9 Å². The van der Waals surface area contributed by atoms with Gasteiger partial charge in [0.15, 0.2) is 0 Å². The van der Waals surface area contributed by atoms with Gasteiger partial charge in [0.05, 0.1) is 23.1 Å². The Morgan fingerprint density at radius 3 is 2.62 bits per heavy atom. The SMILES string of the molecule is Cc1ccc(C)c(S(=O)(=O)NCC(=O)Nc2cccc(C#N)c2)c1. The van der Waals surface area contributed by atoms with Crippen LogP contribution in [0.4, 0.5) is 5.69 Å². The van der Waals surface area contributed by atoms with E-state index in [0.717, 1.165) is 5.56 Å². The number of amides is 1. The molecule has 0 saturated carbocycles. The molecule has 2 aromatic rings. The van der Waals surface area contributed by atoms with Gasteiger partial charge < -0.3 is 5.32 Å². The average molecular weight is 343 g/mol. The van der Waals surface area contributed by atoms with Crippen LogP contribution in [-0.4, -0.2) is 20.9 Å². The van der Waals surface area contributed by atoms with Gasteiger partial charge in [-0.3, -0.25) is 4.79 Å². The molecule has 0 aliphatic rings. The van der Waals surface area contributed by atoms with E-state index in [1.54, 1.807) is 44.2 Å². The predicted octanol–water partition coefficient (Wildman–Crippen LogP) is 2.09. The van der Waals surface area contributed by atoms with Crippen molar-refractivity contribution < 1.29 is 13.2 Å². The number of hydrogen-bond donors (Lipinski definition) is 2. The minimum atomic E-state index is -3.78. The highest BCUT2D eigenvalue weighted by Gasteiger charge is 2.18. The van der Waals surface area contributed by atoms with Crippen LogP contribution < -0.4 is 10.0 Å². The third-order valence-corrected chi connectivity index (χ3v) is 4.87. The number of nitrogens with zero attached hydrogens (tertiary/aromatic N) is 1. The second-order valence-corrected chi connectivity index (χ2v) is 7.07. The number of carbonyl (C=O) groups excluding carboxylic acids is 1. The summed E-state index contributed by atoms with van der Waals surface area (Å²) in [5.41, 5.74) is 2.27. The Hall–Kier alpha value is -2.69. The molecule has 0 fully saturated rings. The van der Waals surface area contributed by atoms with E-state index in [0.29, 0.717) is 16.8 Å². The summed E-state index contributed by atoms with van der Waals surface area (Å²) in [5.74, 6) is -0.515. The van der Waals surface area contributed by atoms with E-state index in [-0.39, 0.29) is 4.90 Å². The number of carbonyl (C=O) groups is 1. The molecule has 0 radical (unpaired) electrons. The average Bonchev–Trinajstić information content (AvgIpc) is 2.55. The molecule has 2 N–H and O–H groups in total. The fraction of sp³-hybridized carbons (Fsp3) is 0.176. The Morgan fingerprint density at radius 2 is 1.92 bits per heavy atom. The first-order valence-corrected chi connectivity index (χ1v) is 8.67. The van der Waals surface area contributed by atoms with E-state index in [2.05, 4.69) is 10.0 Å². The fourth-order valence-corrected chi connectivity index (χ4v) is 3.42. The largest absolute Gasteiger partial charge is 0.325 e. The van der Waals surface area contributed by atoms with Gasteiger partial charge in [-0.15, -0.1) is 0 Å². The van der Waals surface area contributed by atoms with E-state index in [1.165, 1.54) is 6.07 Å². The molecular formula is C17H17N3O3S. The van der Waals surface area contributed by atoms with Crippen molar-refractivity contribution in [1.29, 1.82) is 5.26 Å². The Kier molecular flexibility index (Phi) is 5.34. The second-order valence-electron chi connectivity index (χ2n) is 5.33. The summed E-state index contributed by atoms with van der Waals surface area (Å²) >= 11 is 0. The van der Waals surface area contributed by atoms with Gasteiger partial charge in [-0.25, -0.2) is 13.1 Å². The molecule has 2 rings (SSSR count). The molecule has 0 bridgehead atoms. The summed E-state index contributed by atoms with van der Waals surface area (Å²) in [5, 5.41) is 11.4. The van der Waals surface area contributed by atoms with Crippen LogP contribution in [0, 0.1) is 25.2 Å². The molecule has 0 aromatic heterocycles. The number of nitriles is 1. The van der Waals surface area contributed by atoms with Gasteiger partial charge in [0.25, 0.3) is 0 Å². The van der Waals surface area contributed by atoms with Crippen molar-refractivity contribution in [2.24, 2.45) is 0 Å². The first-order valence-electron chi connectivity index (χ1n) is 7.19. The lowest BCUT2D eigenvalue weighted by Gasteiger charge is -2.10. The lowest BCUT2D eigenvalue weighted by atomic mass is 10.2. The molecule has 0 atom stereocenters. The van der Waals surface area contributed by atoms with Crippen LogP contribution in [0.2, 0.25) is 0 Å². The number of sulfonamides is 1. The molecule has 0 spiro atoms. The topological polar surface area (TPSA) is 99.1 Å². The number of rotatable bonds is 5. The van der Waals surface area contributed by atoms with Crippen LogP contribution >= 0.6 is 0 Å². The first kappa shape index (κ1) is 17.7. The van der Waals surface area contributed by atoms with Crippen molar-refractivity contribution >= 4 is 21.6 Å². The van der Waals surface area contributed by atoms with E-state index in [1.807, 2.05) is 12.1 Å². The van der Waals surface area contributed by atoms with E-state index < -0.39 is 22.5 Å². The monoisotopic (exact) mass is 343 g/mol. The van der Waals surface area contributed by atoms with Gasteiger partial charge >= 0.3 is 0 Å². The van der Waals surface area contributed by atoms with Crippen LogP contribution in [0.3, 0.4) is 0 Å². The van der Waals surface area contributed by atoms with Crippen LogP contribution in [0.15, 0.2) is 47.4 Å². The molecule has 6 nitrogen and oxygen atoms in total. The molecule has 0 saturated heterocycles. The zero-order chi connectivity index (χ0) is 17.7. The van der Waals surface area contributed by atoms with E-state index in [4.69, 9.17) is 5.26 Å². The Morgan fingerprint density at radius 1 is 1.17 bits per heavy atom. The normalized spacial score (nSPS) is 10.9. The summed E-state index contributed by atoms with van der Waals surface area (Å²) in [6, 6.07) is 13.4. The molecule has 0 aliphatic carbocycles. The quantitative estimate of drug-likeness (QED) is 0.868. The smallest absolute Gasteiger partial charge is 0.241 e. The zero-order valence-corrected chi connectivity index (χ0v) is 14.1. The van der Waals surface area contributed by atoms with Gasteiger partial charge in [-0.05, 0) is 49.2 Å². The lowest BCUT2D eigenvalue weighted by Crippen LogP contribution is -2.33. The van der Waals surface area contributed by atoms with Gasteiger partial charge in [-0.1, -0.05) is 18.2 Å². The first-order chi connectivity index (χ1) is 11.3. The summed E-state index contributed by atoms with van der Waals surface area (Å²) in [7, 11) is -3.78. The fourth-order valence-electron chi connectivity index (χ4n) is 2.11. The Balaban J connectivity index is 2.05. The number of hydrogen-bond acceptors (Lipinski definition) is 4. The molecule has 0 unspecified atom stereocenters. The third-order valence-electron chi connectivity index (χ3n) is 3.33. The van der Waals surface area contributed by atoms with E-state index in [9.17, 15) is 13.2 Å². The summed E-state index contributed by atoms with van der Waals surface area (Å²) in [6.07, 6.45) is 0. The van der Waals surface area contributed by atoms with Crippen LogP contribution in [0.25, 0.3) is 0 Å². The summed E-state index contributed by atoms with van der Waals surface area (Å²) in [4.78, 5) is 12.1. The van der Waals surface area contributed by atoms with Gasteiger partial charge in [-0.2, -0.15) is 5.26 Å². The maximum atomic E-state index is 12.3. The molecular weight excluding hydrogens is 326 g/mol. The van der Waals surface area contributed by atoms with Crippen molar-refractivity contribution in [3.05, 3.63) is 59.2 Å². The lowest BCUT2D eigenvalue weighted by molar-refractivity contribution is -0.115. The molecule has 0 heterocycles. The molecule has 1 amide bonds. The van der Waals surface area contributed by atoms with Crippen LogP contribution in [0.1, 0.15) is 16.7 Å². The summed E-state index contributed by atoms with van der Waals surface area (Å²) in [6.45, 7) is 3.10. The van der Waals surface area contributed by atoms with Gasteiger partial charge in [0.1, 0.15) is 0 Å². The highest BCUT2D eigenvalue weighted by molar-refractivity contribution is 7.89. The second kappa shape index (κ2) is 7.25. The molecule has 7 heteroatoms. The highest BCUT2D eigenvalue weighted by atomic mass is 32.2. The molecule has 2 aromatic carbocycles. The van der Waals surface area contributed by atoms with E-state index >= 15 is 0 Å². The highest BCUT2D eigenvalue weighted by Crippen LogP contribution is 2.16. The minimum Gasteiger partial charge on any atom is -0.325 e. The van der Waals surface area contributed by atoms with Crippen molar-refractivity contribution in [3.63, 3.8) is 0 Å². The third kappa shape index (κ3) is 4.41. The van der Waals surface area contributed by atoms with Crippen molar-refractivity contribution in [2.45, 2.75) is 18.7 Å². The Labute approximate surface area is 141 Å². The zero-order valence-electron chi connectivity index (χ0n) is 13.3. The van der Waals surface area contributed by atoms with Crippen LogP contribution in [-0.2, 0) is 14.8 Å². The number of aryl methyl sites for hydroxylation is 2. The van der Waals surface area contributed by atoms with Crippen molar-refractivity contribution in [3.8, 4) is 6.07 Å². The number of anilines is 1. The molecule has 0 aliphatic heterocycles. The molecule has 124 valence electrons. The maximum Gasteiger partial charge on any atom is 0.241 e. The van der Waals surface area contributed by atoms with Gasteiger partial charge in [0.2, 0.25) is 15.9 Å². The predicted molar refractivity (Wildman–Crippen MR) is 90.9 cm³/mol. The number of nitrogens with one attached hydrogen (secondary N) is 2. The van der Waals surface area contributed by atoms with Crippen LogP contribution in [0.5, 0.6) is 0 Å². The van der Waals surface area contributed by atoms with Gasteiger partial charge in [0, 0.05) is 5.69 Å². The summed E-state index contributed by atoms with van der Waals surface area (Å²) < 4.78 is 26.9. The number of benzene rings is 2. The van der Waals surface area contributed by atoms with Crippen molar-refractivity contribution in [1.82, 2.24) is 4.72 Å². The minimum absolute atomic E-state index is 0.154. The Bertz CT molecular complexity index is 915. The maximum absolute atomic E-state index is 12.3.